The monoisotopic (exact) mass is 462 g/mol. The Morgan fingerprint density at radius 3 is 2.64 bits per heavy atom. The van der Waals surface area contributed by atoms with Crippen molar-refractivity contribution in [2.45, 2.75) is 32.2 Å². The van der Waals surface area contributed by atoms with E-state index >= 15 is 0 Å². The number of carbonyl (C=O) groups is 1. The quantitative estimate of drug-likeness (QED) is 0.350. The highest BCUT2D eigenvalue weighted by Gasteiger charge is 2.15. The third-order valence-corrected chi connectivity index (χ3v) is 6.30. The predicted molar refractivity (Wildman–Crippen MR) is 131 cm³/mol. The molecule has 0 atom stereocenters. The maximum Gasteiger partial charge on any atom is 0.234 e. The average molecular weight is 463 g/mol. The number of methoxy groups -OCH3 is 1. The van der Waals surface area contributed by atoms with Gasteiger partial charge in [0.15, 0.2) is 11.0 Å². The van der Waals surface area contributed by atoms with Gasteiger partial charge >= 0.3 is 0 Å². The molecule has 7 nitrogen and oxygen atoms in total. The second-order valence-corrected chi connectivity index (χ2v) is 8.32. The zero-order chi connectivity index (χ0) is 23.2. The molecule has 0 aliphatic rings. The van der Waals surface area contributed by atoms with Crippen LogP contribution in [0.1, 0.15) is 18.3 Å². The van der Waals surface area contributed by atoms with Crippen LogP contribution in [0.2, 0.25) is 0 Å². The Morgan fingerprint density at radius 2 is 1.82 bits per heavy atom. The zero-order valence-electron chi connectivity index (χ0n) is 18.9. The molecule has 1 aromatic heterocycles. The first-order valence-electron chi connectivity index (χ1n) is 10.7. The lowest BCUT2D eigenvalue weighted by Gasteiger charge is -2.12. The Bertz CT molecular complexity index is 1270. The van der Waals surface area contributed by atoms with Gasteiger partial charge in [-0.2, -0.15) is 0 Å². The van der Waals surface area contributed by atoms with E-state index in [-0.39, 0.29) is 11.7 Å². The lowest BCUT2D eigenvalue weighted by atomic mass is 10.0. The molecule has 3 aromatic carbocycles. The number of thioether (sulfide) groups is 1. The Morgan fingerprint density at radius 1 is 1.03 bits per heavy atom. The molecule has 0 unspecified atom stereocenters. The molecule has 33 heavy (non-hydrogen) atoms. The molecule has 0 saturated carbocycles. The number of rotatable bonds is 9. The molecule has 0 radical (unpaired) electrons. The maximum absolute atomic E-state index is 12.4. The average Bonchev–Trinajstić information content (AvgIpc) is 3.24. The number of nitrogens with one attached hydrogen (secondary N) is 1. The largest absolute Gasteiger partial charge is 0.495 e. The predicted octanol–water partition coefficient (Wildman–Crippen LogP) is 5.08. The van der Waals surface area contributed by atoms with Crippen molar-refractivity contribution in [1.29, 1.82) is 0 Å². The van der Waals surface area contributed by atoms with Gasteiger partial charge in [0.25, 0.3) is 0 Å². The summed E-state index contributed by atoms with van der Waals surface area (Å²) in [5.41, 5.74) is 1.74. The maximum atomic E-state index is 12.4. The number of carbonyl (C=O) groups excluding carboxylic acids is 1. The van der Waals surface area contributed by atoms with Crippen molar-refractivity contribution < 1.29 is 14.3 Å². The number of amides is 1. The van der Waals surface area contributed by atoms with Crippen molar-refractivity contribution >= 4 is 34.1 Å². The van der Waals surface area contributed by atoms with Gasteiger partial charge in [-0.25, -0.2) is 0 Å². The number of hydrogen-bond donors (Lipinski definition) is 1. The molecular weight excluding hydrogens is 436 g/mol. The van der Waals surface area contributed by atoms with Crippen molar-refractivity contribution in [2.24, 2.45) is 0 Å². The van der Waals surface area contributed by atoms with Crippen LogP contribution in [0.5, 0.6) is 11.5 Å². The highest BCUT2D eigenvalue weighted by Crippen LogP contribution is 2.28. The molecule has 1 heterocycles. The summed E-state index contributed by atoms with van der Waals surface area (Å²) in [6.07, 6.45) is 0. The molecule has 1 amide bonds. The van der Waals surface area contributed by atoms with Gasteiger partial charge < -0.3 is 19.4 Å². The topological polar surface area (TPSA) is 78.3 Å². The number of ether oxygens (including phenoxy) is 2. The molecule has 0 spiro atoms. The van der Waals surface area contributed by atoms with Gasteiger partial charge in [-0.3, -0.25) is 4.79 Å². The number of hydrogen-bond acceptors (Lipinski definition) is 6. The smallest absolute Gasteiger partial charge is 0.234 e. The van der Waals surface area contributed by atoms with Crippen LogP contribution in [0, 0.1) is 6.92 Å². The molecule has 4 aromatic rings. The molecule has 0 aliphatic heterocycles. The van der Waals surface area contributed by atoms with E-state index in [1.807, 2.05) is 41.8 Å². The number of para-hydroxylation sites is 2. The van der Waals surface area contributed by atoms with Crippen molar-refractivity contribution in [3.8, 4) is 11.5 Å². The van der Waals surface area contributed by atoms with Crippen LogP contribution in [0.25, 0.3) is 10.8 Å². The van der Waals surface area contributed by atoms with Gasteiger partial charge in [0.2, 0.25) is 5.91 Å². The molecule has 0 saturated heterocycles. The Labute approximate surface area is 197 Å². The zero-order valence-corrected chi connectivity index (χ0v) is 19.7. The summed E-state index contributed by atoms with van der Waals surface area (Å²) in [7, 11) is 1.58. The van der Waals surface area contributed by atoms with Gasteiger partial charge in [-0.15, -0.1) is 10.2 Å². The third-order valence-electron chi connectivity index (χ3n) is 5.33. The summed E-state index contributed by atoms with van der Waals surface area (Å²) in [5.74, 6) is 2.24. The molecule has 0 bridgehead atoms. The molecule has 0 aliphatic carbocycles. The highest BCUT2D eigenvalue weighted by molar-refractivity contribution is 7.99. The minimum absolute atomic E-state index is 0.139. The first-order chi connectivity index (χ1) is 16.1. The van der Waals surface area contributed by atoms with E-state index in [1.54, 1.807) is 19.2 Å². The van der Waals surface area contributed by atoms with Gasteiger partial charge in [0.1, 0.15) is 18.1 Å². The standard InChI is InChI=1S/C25H26N4O3S/c1-4-29-23(15-32-21-14-13-18-9-5-6-10-19(18)17(21)2)27-28-25(29)33-16-24(30)26-20-11-7-8-12-22(20)31-3/h5-14H,4,15-16H2,1-3H3,(H,26,30). The normalized spacial score (nSPS) is 10.9. The van der Waals surface area contributed by atoms with E-state index in [9.17, 15) is 4.79 Å². The second kappa shape index (κ2) is 10.4. The van der Waals surface area contributed by atoms with Crippen molar-refractivity contribution in [3.05, 3.63) is 72.1 Å². The fraction of sp³-hybridized carbons (Fsp3) is 0.240. The fourth-order valence-corrected chi connectivity index (χ4v) is 4.44. The molecule has 170 valence electrons. The number of aromatic nitrogens is 3. The van der Waals surface area contributed by atoms with Gasteiger partial charge in [-0.05, 0) is 48.4 Å². The minimum atomic E-state index is -0.139. The van der Waals surface area contributed by atoms with E-state index in [2.05, 4.69) is 40.6 Å². The molecule has 4 rings (SSSR count). The number of nitrogens with zero attached hydrogens (tertiary/aromatic N) is 3. The van der Waals surface area contributed by atoms with E-state index in [0.717, 1.165) is 17.1 Å². The van der Waals surface area contributed by atoms with Crippen LogP contribution in [0.4, 0.5) is 5.69 Å². The summed E-state index contributed by atoms with van der Waals surface area (Å²) in [5, 5.41) is 14.5. The van der Waals surface area contributed by atoms with Crippen molar-refractivity contribution in [1.82, 2.24) is 14.8 Å². The second-order valence-electron chi connectivity index (χ2n) is 7.38. The van der Waals surface area contributed by atoms with E-state index in [0.29, 0.717) is 29.7 Å². The summed E-state index contributed by atoms with van der Waals surface area (Å²) >= 11 is 1.34. The summed E-state index contributed by atoms with van der Waals surface area (Å²) in [6, 6.07) is 19.6. The van der Waals surface area contributed by atoms with Crippen LogP contribution in [-0.4, -0.2) is 33.5 Å². The first-order valence-corrected chi connectivity index (χ1v) is 11.7. The van der Waals surface area contributed by atoms with E-state index in [4.69, 9.17) is 9.47 Å². The Hall–Kier alpha value is -3.52. The van der Waals surface area contributed by atoms with Crippen LogP contribution < -0.4 is 14.8 Å². The summed E-state index contributed by atoms with van der Waals surface area (Å²) < 4.78 is 13.3. The van der Waals surface area contributed by atoms with E-state index in [1.165, 1.54) is 22.5 Å². The number of fused-ring (bicyclic) bond motifs is 1. The third kappa shape index (κ3) is 5.12. The van der Waals surface area contributed by atoms with Gasteiger partial charge in [0.05, 0.1) is 18.6 Å². The molecule has 1 N–H and O–H groups in total. The lowest BCUT2D eigenvalue weighted by molar-refractivity contribution is -0.113. The number of anilines is 1. The summed E-state index contributed by atoms with van der Waals surface area (Å²) in [6.45, 7) is 5.06. The Balaban J connectivity index is 1.40. The highest BCUT2D eigenvalue weighted by atomic mass is 32.2. The van der Waals surface area contributed by atoms with Crippen LogP contribution in [-0.2, 0) is 17.9 Å². The van der Waals surface area contributed by atoms with Crippen molar-refractivity contribution in [3.63, 3.8) is 0 Å². The SMILES string of the molecule is CCn1c(COc2ccc3ccccc3c2C)nnc1SCC(=O)Nc1ccccc1OC. The lowest BCUT2D eigenvalue weighted by Crippen LogP contribution is -2.15. The van der Waals surface area contributed by atoms with Crippen LogP contribution in [0.3, 0.4) is 0 Å². The Kier molecular flexibility index (Phi) is 7.14. The minimum Gasteiger partial charge on any atom is -0.495 e. The van der Waals surface area contributed by atoms with Crippen LogP contribution in [0.15, 0.2) is 65.8 Å². The van der Waals surface area contributed by atoms with Crippen molar-refractivity contribution in [2.75, 3.05) is 18.2 Å². The molecular formula is C25H26N4O3S. The number of aryl methyl sites for hydroxylation is 1. The molecule has 0 fully saturated rings. The van der Waals surface area contributed by atoms with E-state index < -0.39 is 0 Å². The van der Waals surface area contributed by atoms with Gasteiger partial charge in [0, 0.05) is 6.54 Å². The first kappa shape index (κ1) is 22.7. The number of benzene rings is 3. The van der Waals surface area contributed by atoms with Gasteiger partial charge in [-0.1, -0.05) is 54.2 Å². The fourth-order valence-electron chi connectivity index (χ4n) is 3.62. The summed E-state index contributed by atoms with van der Waals surface area (Å²) in [4.78, 5) is 12.4. The molecule has 8 heteroatoms. The van der Waals surface area contributed by atoms with Crippen LogP contribution >= 0.6 is 11.8 Å².